The van der Waals surface area contributed by atoms with E-state index in [0.29, 0.717) is 13.2 Å². The van der Waals surface area contributed by atoms with Gasteiger partial charge in [0.05, 0.1) is 13.2 Å². The van der Waals surface area contributed by atoms with Crippen LogP contribution in [0.5, 0.6) is 11.5 Å². The Labute approximate surface area is 391 Å². The molecule has 0 unspecified atom stereocenters. The number of fused-ring (bicyclic) bond motifs is 5. The number of hydrogen-bond acceptors (Lipinski definition) is 2. The summed E-state index contributed by atoms with van der Waals surface area (Å²) in [5.74, 6) is 1.87. The highest BCUT2D eigenvalue weighted by molar-refractivity contribution is 6.11. The van der Waals surface area contributed by atoms with Gasteiger partial charge < -0.3 is 14.0 Å². The van der Waals surface area contributed by atoms with Gasteiger partial charge in [-0.05, 0) is 113 Å². The molecule has 342 valence electrons. The van der Waals surface area contributed by atoms with Crippen molar-refractivity contribution in [3.8, 4) is 22.6 Å². The Morgan fingerprint density at radius 2 is 0.846 bits per heavy atom. The highest BCUT2D eigenvalue weighted by atomic mass is 16.5. The lowest BCUT2D eigenvalue weighted by Crippen LogP contribution is -2.03. The van der Waals surface area contributed by atoms with Gasteiger partial charge in [-0.15, -0.1) is 0 Å². The van der Waals surface area contributed by atoms with Crippen LogP contribution in [0.1, 0.15) is 166 Å². The fourth-order valence-corrected chi connectivity index (χ4v) is 9.75. The third-order valence-corrected chi connectivity index (χ3v) is 13.4. The maximum Gasteiger partial charge on any atom is 0.127 e. The molecular formula is C62H77NO2. The van der Waals surface area contributed by atoms with Crippen LogP contribution in [0.25, 0.3) is 72.7 Å². The van der Waals surface area contributed by atoms with E-state index in [0.717, 1.165) is 42.0 Å². The van der Waals surface area contributed by atoms with Crippen molar-refractivity contribution in [2.75, 3.05) is 13.2 Å². The lowest BCUT2D eigenvalue weighted by atomic mass is 9.91. The number of hydrogen-bond donors (Lipinski definition) is 0. The van der Waals surface area contributed by atoms with Gasteiger partial charge in [0, 0.05) is 39.5 Å². The Bertz CT molecular complexity index is 2660. The minimum Gasteiger partial charge on any atom is -0.493 e. The predicted octanol–water partition coefficient (Wildman–Crippen LogP) is 19.1. The van der Waals surface area contributed by atoms with Crippen molar-refractivity contribution in [1.82, 2.24) is 4.57 Å². The number of aromatic nitrogens is 1. The Morgan fingerprint density at radius 3 is 1.37 bits per heavy atom. The summed E-state index contributed by atoms with van der Waals surface area (Å²) >= 11 is 0. The van der Waals surface area contributed by atoms with Crippen LogP contribution in [0.3, 0.4) is 0 Å². The number of allylic oxidation sites excluding steroid dienone is 1. The summed E-state index contributed by atoms with van der Waals surface area (Å²) in [6, 6.07) is 36.6. The van der Waals surface area contributed by atoms with Crippen molar-refractivity contribution in [3.63, 3.8) is 0 Å². The molecule has 0 aliphatic heterocycles. The average molecular weight is 868 g/mol. The van der Waals surface area contributed by atoms with E-state index in [4.69, 9.17) is 9.47 Å². The molecule has 0 aliphatic rings. The van der Waals surface area contributed by atoms with Crippen LogP contribution in [-0.4, -0.2) is 17.8 Å². The third kappa shape index (κ3) is 12.5. The summed E-state index contributed by atoms with van der Waals surface area (Å²) in [4.78, 5) is 0. The van der Waals surface area contributed by atoms with Gasteiger partial charge in [-0.1, -0.05) is 202 Å². The molecule has 3 nitrogen and oxygen atoms in total. The molecule has 0 N–H and O–H groups in total. The number of rotatable bonds is 27. The van der Waals surface area contributed by atoms with Crippen molar-refractivity contribution >= 4 is 61.6 Å². The lowest BCUT2D eigenvalue weighted by Gasteiger charge is -2.20. The van der Waals surface area contributed by atoms with Gasteiger partial charge in [-0.2, -0.15) is 0 Å². The Kier molecular flexibility index (Phi) is 18.2. The topological polar surface area (TPSA) is 23.4 Å². The molecule has 7 rings (SSSR count). The van der Waals surface area contributed by atoms with Crippen molar-refractivity contribution in [2.24, 2.45) is 0 Å². The van der Waals surface area contributed by atoms with Crippen LogP contribution in [0, 0.1) is 6.92 Å². The Hall–Kier alpha value is -5.28. The van der Waals surface area contributed by atoms with E-state index in [1.807, 2.05) is 0 Å². The number of ether oxygens (including phenoxy) is 2. The zero-order valence-electron chi connectivity index (χ0n) is 40.7. The fraction of sp³-hybridized carbons (Fsp3) is 0.419. The van der Waals surface area contributed by atoms with E-state index in [2.05, 4.69) is 161 Å². The van der Waals surface area contributed by atoms with E-state index < -0.39 is 0 Å². The van der Waals surface area contributed by atoms with E-state index in [-0.39, 0.29) is 0 Å². The van der Waals surface area contributed by atoms with Crippen LogP contribution in [-0.2, 0) is 6.54 Å². The minimum absolute atomic E-state index is 0.706. The monoisotopic (exact) mass is 868 g/mol. The fourth-order valence-electron chi connectivity index (χ4n) is 9.75. The normalized spacial score (nSPS) is 12.0. The average Bonchev–Trinajstić information content (AvgIpc) is 3.62. The van der Waals surface area contributed by atoms with Crippen LogP contribution in [0.4, 0.5) is 0 Å². The lowest BCUT2D eigenvalue weighted by molar-refractivity contribution is 0.302. The summed E-state index contributed by atoms with van der Waals surface area (Å²) < 4.78 is 16.2. The van der Waals surface area contributed by atoms with Crippen LogP contribution >= 0.6 is 0 Å². The number of aryl methyl sites for hydroxylation is 2. The first kappa shape index (κ1) is 47.7. The van der Waals surface area contributed by atoms with Gasteiger partial charge in [0.1, 0.15) is 11.5 Å². The number of benzene rings is 6. The quantitative estimate of drug-likeness (QED) is 0.0380. The van der Waals surface area contributed by atoms with Crippen molar-refractivity contribution in [3.05, 3.63) is 125 Å². The highest BCUT2D eigenvalue weighted by Gasteiger charge is 2.20. The van der Waals surface area contributed by atoms with Gasteiger partial charge in [-0.25, -0.2) is 0 Å². The first-order valence-electron chi connectivity index (χ1n) is 25.8. The maximum absolute atomic E-state index is 6.83. The van der Waals surface area contributed by atoms with Gasteiger partial charge in [-0.3, -0.25) is 0 Å². The zero-order valence-corrected chi connectivity index (χ0v) is 40.7. The number of nitrogens with zero attached hydrogens (tertiary/aromatic N) is 1. The van der Waals surface area contributed by atoms with E-state index in [1.165, 1.54) is 168 Å². The van der Waals surface area contributed by atoms with Gasteiger partial charge in [0.25, 0.3) is 0 Å². The second-order valence-corrected chi connectivity index (χ2v) is 18.6. The molecule has 0 radical (unpaired) electrons. The van der Waals surface area contributed by atoms with E-state index in [1.54, 1.807) is 0 Å². The summed E-state index contributed by atoms with van der Waals surface area (Å²) in [7, 11) is 0. The molecule has 0 atom stereocenters. The maximum atomic E-state index is 6.83. The summed E-state index contributed by atoms with van der Waals surface area (Å²) in [5, 5.41) is 7.49. The summed E-state index contributed by atoms with van der Waals surface area (Å²) in [5.41, 5.74) is 9.88. The molecule has 0 saturated carbocycles. The Balaban J connectivity index is 1.24. The summed E-state index contributed by atoms with van der Waals surface area (Å²) in [6.45, 7) is 13.6. The van der Waals surface area contributed by atoms with Gasteiger partial charge in [0.2, 0.25) is 0 Å². The smallest absolute Gasteiger partial charge is 0.127 e. The largest absolute Gasteiger partial charge is 0.493 e. The highest BCUT2D eigenvalue weighted by Crippen LogP contribution is 2.46. The molecular weight excluding hydrogens is 791 g/mol. The molecule has 1 heterocycles. The molecule has 3 heteroatoms. The summed E-state index contributed by atoms with van der Waals surface area (Å²) in [6.07, 6.45) is 31.5. The molecule has 1 aromatic heterocycles. The molecule has 65 heavy (non-hydrogen) atoms. The van der Waals surface area contributed by atoms with Crippen molar-refractivity contribution < 1.29 is 9.47 Å². The molecule has 7 aromatic rings. The van der Waals surface area contributed by atoms with Gasteiger partial charge >= 0.3 is 0 Å². The molecule has 0 aliphatic carbocycles. The predicted molar refractivity (Wildman–Crippen MR) is 286 cm³/mol. The van der Waals surface area contributed by atoms with Gasteiger partial charge in [0.15, 0.2) is 0 Å². The van der Waals surface area contributed by atoms with Crippen molar-refractivity contribution in [2.45, 2.75) is 157 Å². The molecule has 0 fully saturated rings. The first-order valence-corrected chi connectivity index (χ1v) is 25.8. The molecule has 0 amide bonds. The molecule has 0 spiro atoms. The zero-order chi connectivity index (χ0) is 45.2. The second-order valence-electron chi connectivity index (χ2n) is 18.6. The third-order valence-electron chi connectivity index (χ3n) is 13.4. The first-order chi connectivity index (χ1) is 32.0. The molecule has 0 bridgehead atoms. The van der Waals surface area contributed by atoms with E-state index in [9.17, 15) is 0 Å². The van der Waals surface area contributed by atoms with Crippen LogP contribution < -0.4 is 9.47 Å². The van der Waals surface area contributed by atoms with E-state index >= 15 is 0 Å². The Morgan fingerprint density at radius 1 is 0.415 bits per heavy atom. The van der Waals surface area contributed by atoms with Crippen molar-refractivity contribution in [1.29, 1.82) is 0 Å². The van der Waals surface area contributed by atoms with Crippen LogP contribution in [0.15, 0.2) is 103 Å². The SMILES string of the molecule is C/C=C/c1ccc2c(-c3c(OCCCCCCCC)ccc4cc(/C=C/c5ccc6c7ccc(C)cc7n(CCCCCCCC)c6c5)ccc34)c(OCCCCCCCC)ccc2c1. The minimum atomic E-state index is 0.706. The van der Waals surface area contributed by atoms with Crippen LogP contribution in [0.2, 0.25) is 0 Å². The number of unbranched alkanes of at least 4 members (excludes halogenated alkanes) is 15. The second kappa shape index (κ2) is 24.9. The molecule has 6 aromatic carbocycles. The standard InChI is InChI=1S/C62H77NO2/c1-6-10-13-16-19-22-40-63-57-43-47(5)26-34-55(57)56-37-31-50(46-58(56)63)28-27-49-30-36-54-52(45-49)33-39-60(65-42-24-21-18-15-12-8-3)62(54)61-53-35-29-48(25-9-4)44-51(53)32-38-59(61)64-41-23-20-17-14-11-7-2/h9,25-39,43-46H,6-8,10-24,40-42H2,1-5H3/b25-9+,28-27+. The molecule has 0 saturated heterocycles.